The Labute approximate surface area is 99.3 Å². The molecule has 1 N–H and O–H groups in total. The molecular weight excluding hydrogens is 220 g/mol. The second-order valence-corrected chi connectivity index (χ2v) is 4.33. The summed E-state index contributed by atoms with van der Waals surface area (Å²) in [5, 5.41) is 15.9. The molecule has 0 saturated carbocycles. The van der Waals surface area contributed by atoms with Crippen molar-refractivity contribution >= 4 is 17.3 Å². The molecule has 2 aromatic heterocycles. The second-order valence-electron chi connectivity index (χ2n) is 3.59. The summed E-state index contributed by atoms with van der Waals surface area (Å²) in [6.07, 6.45) is 0. The zero-order chi connectivity index (χ0) is 11.5. The molecule has 5 heteroatoms. The van der Waals surface area contributed by atoms with E-state index in [0.29, 0.717) is 0 Å². The Morgan fingerprint density at radius 3 is 2.69 bits per heavy atom. The van der Waals surface area contributed by atoms with Crippen molar-refractivity contribution in [3.8, 4) is 11.4 Å². The number of thiophene rings is 1. The van der Waals surface area contributed by atoms with Crippen molar-refractivity contribution in [1.29, 1.82) is 0 Å². The highest BCUT2D eigenvalue weighted by atomic mass is 32.1. The first-order valence-corrected chi connectivity index (χ1v) is 6.42. The molecule has 0 bridgehead atoms. The van der Waals surface area contributed by atoms with Gasteiger partial charge < -0.3 is 5.32 Å². The summed E-state index contributed by atoms with van der Waals surface area (Å²) in [4.78, 5) is 0. The first-order valence-electron chi connectivity index (χ1n) is 5.48. The first kappa shape index (κ1) is 11.1. The lowest BCUT2D eigenvalue weighted by molar-refractivity contribution is 0.770. The van der Waals surface area contributed by atoms with E-state index in [9.17, 15) is 0 Å². The number of nitrogens with one attached hydrogen (secondary N) is 1. The SMILES string of the molecule is CCNc1nnc(-c2cscc2C)n1CC. The number of hydrogen-bond acceptors (Lipinski definition) is 4. The van der Waals surface area contributed by atoms with Gasteiger partial charge in [-0.05, 0) is 31.7 Å². The van der Waals surface area contributed by atoms with Gasteiger partial charge in [0, 0.05) is 24.0 Å². The van der Waals surface area contributed by atoms with Crippen molar-refractivity contribution < 1.29 is 0 Å². The number of nitrogens with zero attached hydrogens (tertiary/aromatic N) is 3. The lowest BCUT2D eigenvalue weighted by atomic mass is 10.2. The summed E-state index contributed by atoms with van der Waals surface area (Å²) in [6.45, 7) is 8.01. The van der Waals surface area contributed by atoms with Crippen LogP contribution in [0.3, 0.4) is 0 Å². The van der Waals surface area contributed by atoms with Gasteiger partial charge in [-0.1, -0.05) is 0 Å². The summed E-state index contributed by atoms with van der Waals surface area (Å²) in [6, 6.07) is 0. The Morgan fingerprint density at radius 2 is 2.12 bits per heavy atom. The summed E-state index contributed by atoms with van der Waals surface area (Å²) in [5.41, 5.74) is 2.44. The zero-order valence-electron chi connectivity index (χ0n) is 9.82. The van der Waals surface area contributed by atoms with Gasteiger partial charge in [0.1, 0.15) is 0 Å². The maximum atomic E-state index is 4.27. The maximum Gasteiger partial charge on any atom is 0.224 e. The predicted octanol–water partition coefficient (Wildman–Crippen LogP) is 2.77. The van der Waals surface area contributed by atoms with Gasteiger partial charge in [0.05, 0.1) is 0 Å². The standard InChI is InChI=1S/C11H16N4S/c1-4-12-11-14-13-10(15(11)5-2)9-7-16-6-8(9)3/h6-7H,4-5H2,1-3H3,(H,12,14). The van der Waals surface area contributed by atoms with Gasteiger partial charge in [-0.3, -0.25) is 4.57 Å². The van der Waals surface area contributed by atoms with Gasteiger partial charge in [-0.25, -0.2) is 0 Å². The molecular formula is C11H16N4S. The van der Waals surface area contributed by atoms with Crippen LogP contribution in [0.25, 0.3) is 11.4 Å². The third kappa shape index (κ3) is 1.82. The van der Waals surface area contributed by atoms with E-state index >= 15 is 0 Å². The van der Waals surface area contributed by atoms with E-state index in [1.165, 1.54) is 11.1 Å². The minimum absolute atomic E-state index is 0.852. The molecule has 0 radical (unpaired) electrons. The van der Waals surface area contributed by atoms with E-state index in [1.807, 2.05) is 0 Å². The van der Waals surface area contributed by atoms with Crippen LogP contribution in [0.2, 0.25) is 0 Å². The third-order valence-corrected chi connectivity index (χ3v) is 3.36. The summed E-state index contributed by atoms with van der Waals surface area (Å²) in [5.74, 6) is 1.81. The quantitative estimate of drug-likeness (QED) is 0.887. The highest BCUT2D eigenvalue weighted by molar-refractivity contribution is 7.08. The first-order chi connectivity index (χ1) is 7.77. The maximum absolute atomic E-state index is 4.27. The van der Waals surface area contributed by atoms with Crippen LogP contribution in [0.4, 0.5) is 5.95 Å². The Hall–Kier alpha value is -1.36. The number of aromatic nitrogens is 3. The molecule has 0 saturated heterocycles. The fourth-order valence-corrected chi connectivity index (χ4v) is 2.51. The van der Waals surface area contributed by atoms with E-state index in [1.54, 1.807) is 11.3 Å². The molecule has 2 heterocycles. The predicted molar refractivity (Wildman–Crippen MR) is 67.9 cm³/mol. The van der Waals surface area contributed by atoms with Gasteiger partial charge in [0.2, 0.25) is 5.95 Å². The Morgan fingerprint density at radius 1 is 1.31 bits per heavy atom. The van der Waals surface area contributed by atoms with Crippen LogP contribution in [0.1, 0.15) is 19.4 Å². The van der Waals surface area contributed by atoms with Gasteiger partial charge in [0.15, 0.2) is 5.82 Å². The lowest BCUT2D eigenvalue weighted by Crippen LogP contribution is -2.06. The van der Waals surface area contributed by atoms with Crippen molar-refractivity contribution in [2.24, 2.45) is 0 Å². The summed E-state index contributed by atoms with van der Waals surface area (Å²) < 4.78 is 2.11. The minimum Gasteiger partial charge on any atom is -0.355 e. The molecule has 86 valence electrons. The van der Waals surface area contributed by atoms with Gasteiger partial charge in [-0.15, -0.1) is 10.2 Å². The molecule has 2 aromatic rings. The molecule has 0 unspecified atom stereocenters. The average Bonchev–Trinajstić information content (AvgIpc) is 2.84. The minimum atomic E-state index is 0.852. The van der Waals surface area contributed by atoms with E-state index in [2.05, 4.69) is 51.6 Å². The molecule has 16 heavy (non-hydrogen) atoms. The van der Waals surface area contributed by atoms with Crippen LogP contribution in [-0.2, 0) is 6.54 Å². The van der Waals surface area contributed by atoms with Crippen LogP contribution in [0.5, 0.6) is 0 Å². The summed E-state index contributed by atoms with van der Waals surface area (Å²) in [7, 11) is 0. The topological polar surface area (TPSA) is 42.7 Å². The normalized spacial score (nSPS) is 10.7. The number of aryl methyl sites for hydroxylation is 1. The van der Waals surface area contributed by atoms with Crippen LogP contribution < -0.4 is 5.32 Å². The van der Waals surface area contributed by atoms with Gasteiger partial charge in [-0.2, -0.15) is 11.3 Å². The van der Waals surface area contributed by atoms with Crippen LogP contribution in [0.15, 0.2) is 10.8 Å². The zero-order valence-corrected chi connectivity index (χ0v) is 10.6. The molecule has 0 aromatic carbocycles. The smallest absolute Gasteiger partial charge is 0.224 e. The van der Waals surface area contributed by atoms with E-state index in [-0.39, 0.29) is 0 Å². The Balaban J connectivity index is 2.46. The van der Waals surface area contributed by atoms with Crippen LogP contribution in [-0.4, -0.2) is 21.3 Å². The number of rotatable bonds is 4. The van der Waals surface area contributed by atoms with Crippen LogP contribution >= 0.6 is 11.3 Å². The van der Waals surface area contributed by atoms with Crippen molar-refractivity contribution in [2.45, 2.75) is 27.3 Å². The van der Waals surface area contributed by atoms with E-state index in [4.69, 9.17) is 0 Å². The average molecular weight is 236 g/mol. The van der Waals surface area contributed by atoms with Crippen molar-refractivity contribution in [1.82, 2.24) is 14.8 Å². The molecule has 0 amide bonds. The number of anilines is 1. The summed E-state index contributed by atoms with van der Waals surface area (Å²) >= 11 is 1.70. The Kier molecular flexibility index (Phi) is 3.24. The van der Waals surface area contributed by atoms with Crippen molar-refractivity contribution in [3.63, 3.8) is 0 Å². The monoisotopic (exact) mass is 236 g/mol. The second kappa shape index (κ2) is 4.65. The number of hydrogen-bond donors (Lipinski definition) is 1. The van der Waals surface area contributed by atoms with Crippen molar-refractivity contribution in [3.05, 3.63) is 16.3 Å². The Bertz CT molecular complexity index is 472. The highest BCUT2D eigenvalue weighted by Gasteiger charge is 2.13. The lowest BCUT2D eigenvalue weighted by Gasteiger charge is -2.07. The van der Waals surface area contributed by atoms with Gasteiger partial charge >= 0.3 is 0 Å². The van der Waals surface area contributed by atoms with Crippen LogP contribution in [0, 0.1) is 6.92 Å². The van der Waals surface area contributed by atoms with Gasteiger partial charge in [0.25, 0.3) is 0 Å². The van der Waals surface area contributed by atoms with E-state index in [0.717, 1.165) is 24.9 Å². The third-order valence-electron chi connectivity index (χ3n) is 2.50. The largest absolute Gasteiger partial charge is 0.355 e. The van der Waals surface area contributed by atoms with E-state index < -0.39 is 0 Å². The fraction of sp³-hybridized carbons (Fsp3) is 0.455. The molecule has 0 aliphatic rings. The highest BCUT2D eigenvalue weighted by Crippen LogP contribution is 2.26. The molecule has 0 fully saturated rings. The molecule has 4 nitrogen and oxygen atoms in total. The molecule has 2 rings (SSSR count). The molecule has 0 atom stereocenters. The molecule has 0 aliphatic carbocycles. The molecule has 0 spiro atoms. The molecule has 0 aliphatic heterocycles. The fourth-order valence-electron chi connectivity index (χ4n) is 1.68. The van der Waals surface area contributed by atoms with Crippen molar-refractivity contribution in [2.75, 3.05) is 11.9 Å².